The average molecular weight is 686 g/mol. The first-order chi connectivity index (χ1) is 21.7. The molecule has 46 heavy (non-hydrogen) atoms. The molecule has 0 unspecified atom stereocenters. The number of fused-ring (bicyclic) bond motifs is 2. The summed E-state index contributed by atoms with van der Waals surface area (Å²) in [4.78, 5) is 56.0. The van der Waals surface area contributed by atoms with E-state index in [4.69, 9.17) is 0 Å². The van der Waals surface area contributed by atoms with E-state index in [9.17, 15) is 14.4 Å². The van der Waals surface area contributed by atoms with E-state index >= 15 is 0 Å². The standard InChI is InChI=1S/C34H37BrN8O3/c1-19-7-10-27(35)39-30(19)40-31(45)25-14-34(6)12-11-26(34)43(25)28(44)17-42-24-9-8-21(22-15-36-20(2)37-16-22)13-23(24)29(41-42)32(46)38-18-33(3,4)5/h7-13,15-16,25-26H,14,17-18H2,1-6H3,(H,38,46)(H,39,40,45)/t25-,26+,34+/m0/s1. The van der Waals surface area contributed by atoms with Crippen LogP contribution in [0.2, 0.25) is 0 Å². The molecule has 0 spiro atoms. The maximum absolute atomic E-state index is 14.1. The van der Waals surface area contributed by atoms with Gasteiger partial charge in [0.2, 0.25) is 11.8 Å². The predicted molar refractivity (Wildman–Crippen MR) is 179 cm³/mol. The van der Waals surface area contributed by atoms with Gasteiger partial charge in [-0.05, 0) is 70.9 Å². The van der Waals surface area contributed by atoms with Gasteiger partial charge in [0.15, 0.2) is 5.69 Å². The van der Waals surface area contributed by atoms with Gasteiger partial charge in [0.05, 0.1) is 11.6 Å². The number of hydrogen-bond acceptors (Lipinski definition) is 7. The highest BCUT2D eigenvalue weighted by Crippen LogP contribution is 2.49. The van der Waals surface area contributed by atoms with Crippen molar-refractivity contribution in [1.82, 2.24) is 34.9 Å². The maximum atomic E-state index is 14.1. The van der Waals surface area contributed by atoms with Gasteiger partial charge in [0.25, 0.3) is 5.91 Å². The van der Waals surface area contributed by atoms with Crippen LogP contribution in [0.25, 0.3) is 22.0 Å². The number of aryl methyl sites for hydroxylation is 2. The lowest BCUT2D eigenvalue weighted by atomic mass is 9.73. The zero-order valence-electron chi connectivity index (χ0n) is 26.8. The number of nitrogens with zero attached hydrogens (tertiary/aromatic N) is 6. The van der Waals surface area contributed by atoms with E-state index in [0.717, 1.165) is 16.7 Å². The third-order valence-electron chi connectivity index (χ3n) is 8.64. The number of aromatic nitrogens is 5. The number of nitrogens with one attached hydrogen (secondary N) is 2. The molecule has 1 aliphatic carbocycles. The van der Waals surface area contributed by atoms with E-state index in [1.54, 1.807) is 22.0 Å². The van der Waals surface area contributed by atoms with Crippen molar-refractivity contribution in [3.63, 3.8) is 0 Å². The van der Waals surface area contributed by atoms with Crippen LogP contribution < -0.4 is 10.6 Å². The molecule has 2 aliphatic rings. The average Bonchev–Trinajstić information content (AvgIpc) is 3.45. The number of hydrogen-bond donors (Lipinski definition) is 2. The van der Waals surface area contributed by atoms with Crippen molar-refractivity contribution in [3.8, 4) is 11.1 Å². The number of likely N-dealkylation sites (tertiary alicyclic amines) is 1. The maximum Gasteiger partial charge on any atom is 0.272 e. The molecule has 238 valence electrons. The van der Waals surface area contributed by atoms with E-state index in [1.807, 2.05) is 71.0 Å². The Morgan fingerprint density at radius 3 is 2.48 bits per heavy atom. The lowest BCUT2D eigenvalue weighted by molar-refractivity contribution is -0.139. The SMILES string of the molecule is Cc1ncc(-c2ccc3c(c2)c(C(=O)NCC(C)(C)C)nn3CC(=O)N2[C@H](C(=O)Nc3nc(Br)ccc3C)C[C@@]3(C)C=C[C@@H]23)cn1. The lowest BCUT2D eigenvalue weighted by Gasteiger charge is -2.38. The zero-order chi connectivity index (χ0) is 33.0. The van der Waals surface area contributed by atoms with Crippen molar-refractivity contribution in [2.24, 2.45) is 10.8 Å². The summed E-state index contributed by atoms with van der Waals surface area (Å²) in [5.74, 6) is 0.222. The van der Waals surface area contributed by atoms with Crippen molar-refractivity contribution >= 4 is 50.4 Å². The Balaban J connectivity index is 1.33. The molecule has 6 rings (SSSR count). The van der Waals surface area contributed by atoms with Crippen molar-refractivity contribution in [2.75, 3.05) is 11.9 Å². The van der Waals surface area contributed by atoms with Gasteiger partial charge >= 0.3 is 0 Å². The van der Waals surface area contributed by atoms with Gasteiger partial charge in [0, 0.05) is 35.3 Å². The highest BCUT2D eigenvalue weighted by molar-refractivity contribution is 9.10. The van der Waals surface area contributed by atoms with Crippen LogP contribution in [0.5, 0.6) is 0 Å². The summed E-state index contributed by atoms with van der Waals surface area (Å²) < 4.78 is 2.17. The zero-order valence-corrected chi connectivity index (χ0v) is 28.3. The van der Waals surface area contributed by atoms with Gasteiger partial charge in [-0.3, -0.25) is 19.1 Å². The minimum Gasteiger partial charge on any atom is -0.350 e. The Kier molecular flexibility index (Phi) is 8.04. The molecule has 4 heterocycles. The summed E-state index contributed by atoms with van der Waals surface area (Å²) in [6, 6.07) is 8.39. The molecule has 2 N–H and O–H groups in total. The number of rotatable bonds is 7. The monoisotopic (exact) mass is 684 g/mol. The smallest absolute Gasteiger partial charge is 0.272 e. The second kappa shape index (κ2) is 11.7. The molecule has 3 aromatic heterocycles. The fourth-order valence-corrected chi connectivity index (χ4v) is 6.34. The minimum atomic E-state index is -0.706. The molecule has 0 bridgehead atoms. The molecule has 1 fully saturated rings. The Morgan fingerprint density at radius 2 is 1.80 bits per heavy atom. The summed E-state index contributed by atoms with van der Waals surface area (Å²) in [7, 11) is 0. The Labute approximate surface area is 276 Å². The van der Waals surface area contributed by atoms with E-state index in [-0.39, 0.29) is 46.8 Å². The van der Waals surface area contributed by atoms with Gasteiger partial charge in [-0.1, -0.05) is 52.0 Å². The molecule has 3 atom stereocenters. The first-order valence-electron chi connectivity index (χ1n) is 15.2. The molecular formula is C34H37BrN8O3. The Morgan fingerprint density at radius 1 is 1.07 bits per heavy atom. The Bertz CT molecular complexity index is 1890. The molecule has 4 aromatic rings. The van der Waals surface area contributed by atoms with E-state index in [1.165, 1.54) is 0 Å². The van der Waals surface area contributed by atoms with Gasteiger partial charge in [-0.2, -0.15) is 5.10 Å². The number of amides is 3. The fourth-order valence-electron chi connectivity index (χ4n) is 6.03. The minimum absolute atomic E-state index is 0.132. The topological polar surface area (TPSA) is 135 Å². The Hall–Kier alpha value is -4.45. The highest BCUT2D eigenvalue weighted by atomic mass is 79.9. The van der Waals surface area contributed by atoms with Crippen LogP contribution in [0.4, 0.5) is 5.82 Å². The summed E-state index contributed by atoms with van der Waals surface area (Å²) in [6.45, 7) is 12.2. The fraction of sp³-hybridized carbons (Fsp3) is 0.382. The lowest BCUT2D eigenvalue weighted by Crippen LogP contribution is -2.50. The summed E-state index contributed by atoms with van der Waals surface area (Å²) >= 11 is 3.37. The summed E-state index contributed by atoms with van der Waals surface area (Å²) in [5.41, 5.74) is 2.85. The molecule has 3 amide bonds. The van der Waals surface area contributed by atoms with Crippen molar-refractivity contribution in [1.29, 1.82) is 0 Å². The quantitative estimate of drug-likeness (QED) is 0.201. The molecule has 1 saturated heterocycles. The molecule has 1 aromatic carbocycles. The number of benzene rings is 1. The van der Waals surface area contributed by atoms with Crippen LogP contribution in [-0.2, 0) is 16.1 Å². The number of halogens is 1. The number of carbonyl (C=O) groups excluding carboxylic acids is 3. The normalized spacial score (nSPS) is 20.4. The second-order valence-electron chi connectivity index (χ2n) is 13.6. The van der Waals surface area contributed by atoms with Crippen LogP contribution in [0.1, 0.15) is 56.0 Å². The van der Waals surface area contributed by atoms with Crippen LogP contribution in [-0.4, -0.2) is 66.0 Å². The molecule has 0 radical (unpaired) electrons. The van der Waals surface area contributed by atoms with Gasteiger partial charge in [-0.15, -0.1) is 0 Å². The molecule has 1 aliphatic heterocycles. The predicted octanol–water partition coefficient (Wildman–Crippen LogP) is 5.23. The van der Waals surface area contributed by atoms with Crippen LogP contribution in [0.3, 0.4) is 0 Å². The van der Waals surface area contributed by atoms with Gasteiger partial charge in [0.1, 0.15) is 28.8 Å². The number of pyridine rings is 1. The molecule has 11 nitrogen and oxygen atoms in total. The van der Waals surface area contributed by atoms with Crippen molar-refractivity contribution in [3.05, 3.63) is 76.6 Å². The van der Waals surface area contributed by atoms with Crippen LogP contribution >= 0.6 is 15.9 Å². The van der Waals surface area contributed by atoms with Gasteiger partial charge in [-0.25, -0.2) is 15.0 Å². The summed E-state index contributed by atoms with van der Waals surface area (Å²) in [5, 5.41) is 11.2. The second-order valence-corrected chi connectivity index (χ2v) is 14.4. The highest BCUT2D eigenvalue weighted by Gasteiger charge is 2.55. The van der Waals surface area contributed by atoms with Crippen molar-refractivity contribution in [2.45, 2.75) is 66.6 Å². The van der Waals surface area contributed by atoms with E-state index in [0.29, 0.717) is 40.1 Å². The molecule has 12 heteroatoms. The largest absolute Gasteiger partial charge is 0.350 e. The first kappa shape index (κ1) is 31.5. The number of anilines is 1. The number of carbonyl (C=O) groups is 3. The van der Waals surface area contributed by atoms with E-state index < -0.39 is 6.04 Å². The van der Waals surface area contributed by atoms with Gasteiger partial charge < -0.3 is 15.5 Å². The first-order valence-corrected chi connectivity index (χ1v) is 16.0. The summed E-state index contributed by atoms with van der Waals surface area (Å²) in [6.07, 6.45) is 8.00. The molecule has 0 saturated carbocycles. The van der Waals surface area contributed by atoms with Crippen LogP contribution in [0, 0.1) is 24.7 Å². The van der Waals surface area contributed by atoms with Crippen LogP contribution in [0.15, 0.2) is 59.5 Å². The van der Waals surface area contributed by atoms with Crippen molar-refractivity contribution < 1.29 is 14.4 Å². The van der Waals surface area contributed by atoms with E-state index in [2.05, 4.69) is 59.6 Å². The third-order valence-corrected chi connectivity index (χ3v) is 9.08. The molecular weight excluding hydrogens is 648 g/mol. The third kappa shape index (κ3) is 6.05.